The lowest BCUT2D eigenvalue weighted by molar-refractivity contribution is -0.402. The van der Waals surface area contributed by atoms with Crippen molar-refractivity contribution in [1.82, 2.24) is 4.90 Å². The summed E-state index contributed by atoms with van der Waals surface area (Å²) >= 11 is 0. The summed E-state index contributed by atoms with van der Waals surface area (Å²) in [4.78, 5) is 12.0. The van der Waals surface area contributed by atoms with Crippen LogP contribution >= 0.6 is 0 Å². The summed E-state index contributed by atoms with van der Waals surface area (Å²) in [7, 11) is 0. The molecule has 2 atom stereocenters. The van der Waals surface area contributed by atoms with Gasteiger partial charge in [0.15, 0.2) is 0 Å². The Kier molecular flexibility index (Phi) is 3.95. The van der Waals surface area contributed by atoms with E-state index in [1.807, 2.05) is 6.92 Å². The fourth-order valence-electron chi connectivity index (χ4n) is 2.14. The third-order valence-corrected chi connectivity index (χ3v) is 2.81. The predicted octanol–water partition coefficient (Wildman–Crippen LogP) is 0.769. The Morgan fingerprint density at radius 1 is 1.56 bits per heavy atom. The van der Waals surface area contributed by atoms with Crippen LogP contribution in [0, 0.1) is 10.1 Å². The number of morpholine rings is 1. The van der Waals surface area contributed by atoms with Crippen molar-refractivity contribution in [3.8, 4) is 0 Å². The van der Waals surface area contributed by atoms with Gasteiger partial charge in [0, 0.05) is 13.1 Å². The number of nitro groups is 1. The lowest BCUT2D eigenvalue weighted by atomic mass is 10.2. The van der Waals surface area contributed by atoms with Crippen molar-refractivity contribution in [3.63, 3.8) is 0 Å². The van der Waals surface area contributed by atoms with Gasteiger partial charge < -0.3 is 14.3 Å². The molecule has 0 bridgehead atoms. The summed E-state index contributed by atoms with van der Waals surface area (Å²) in [6.45, 7) is 3.69. The molecule has 0 saturated carbocycles. The minimum absolute atomic E-state index is 0.0286. The Bertz CT molecular complexity index is 419. The minimum Gasteiger partial charge on any atom is -0.404 e. The molecule has 1 aliphatic rings. The summed E-state index contributed by atoms with van der Waals surface area (Å²) in [5, 5.41) is 19.6. The zero-order valence-electron chi connectivity index (χ0n) is 10.1. The number of hydrogen-bond acceptors (Lipinski definition) is 6. The van der Waals surface area contributed by atoms with Crippen LogP contribution in [0.4, 0.5) is 5.88 Å². The predicted molar refractivity (Wildman–Crippen MR) is 62.1 cm³/mol. The molecule has 2 rings (SSSR count). The summed E-state index contributed by atoms with van der Waals surface area (Å²) in [5.74, 6) is 0.303. The van der Waals surface area contributed by atoms with Crippen molar-refractivity contribution in [2.45, 2.75) is 25.7 Å². The maximum Gasteiger partial charge on any atom is 0.433 e. The van der Waals surface area contributed by atoms with Crippen LogP contribution in [0.3, 0.4) is 0 Å². The smallest absolute Gasteiger partial charge is 0.404 e. The Balaban J connectivity index is 1.97. The van der Waals surface area contributed by atoms with Gasteiger partial charge in [0.1, 0.15) is 10.7 Å². The lowest BCUT2D eigenvalue weighted by Gasteiger charge is -2.35. The molecule has 7 heteroatoms. The van der Waals surface area contributed by atoms with E-state index in [4.69, 9.17) is 14.3 Å². The molecule has 1 aromatic heterocycles. The van der Waals surface area contributed by atoms with Crippen molar-refractivity contribution in [2.75, 3.05) is 19.7 Å². The van der Waals surface area contributed by atoms with Gasteiger partial charge in [0.05, 0.1) is 31.4 Å². The van der Waals surface area contributed by atoms with Crippen molar-refractivity contribution in [1.29, 1.82) is 0 Å². The van der Waals surface area contributed by atoms with E-state index < -0.39 is 4.92 Å². The van der Waals surface area contributed by atoms with Gasteiger partial charge in [-0.15, -0.1) is 0 Å². The number of furan rings is 1. The highest BCUT2D eigenvalue weighted by Gasteiger charge is 2.25. The first-order valence-corrected chi connectivity index (χ1v) is 5.80. The average Bonchev–Trinajstić information content (AvgIpc) is 2.76. The highest BCUT2D eigenvalue weighted by molar-refractivity contribution is 5.17. The minimum atomic E-state index is -0.554. The number of ether oxygens (including phenoxy) is 1. The molecule has 1 aliphatic heterocycles. The standard InChI is InChI=1S/C11H16N2O5/c1-8-4-12(6-10(7-14)17-8)5-9-2-3-11(18-9)13(15)16/h2-3,8,10,14H,4-7H2,1H3. The number of rotatable bonds is 4. The SMILES string of the molecule is CC1CN(Cc2ccc([N+](=O)[O-])o2)CC(CO)O1. The fourth-order valence-corrected chi connectivity index (χ4v) is 2.14. The molecule has 100 valence electrons. The number of nitrogens with zero attached hydrogens (tertiary/aromatic N) is 2. The Hall–Kier alpha value is -1.44. The monoisotopic (exact) mass is 256 g/mol. The third kappa shape index (κ3) is 3.06. The number of aliphatic hydroxyl groups is 1. The van der Waals surface area contributed by atoms with Gasteiger partial charge in [-0.05, 0) is 13.0 Å². The Labute approximate surface area is 104 Å². The summed E-state index contributed by atoms with van der Waals surface area (Å²) < 4.78 is 10.6. The molecule has 18 heavy (non-hydrogen) atoms. The quantitative estimate of drug-likeness (QED) is 0.632. The average molecular weight is 256 g/mol. The second-order valence-electron chi connectivity index (χ2n) is 4.44. The topological polar surface area (TPSA) is 89.0 Å². The molecule has 2 unspecified atom stereocenters. The molecule has 1 aromatic rings. The van der Waals surface area contributed by atoms with Gasteiger partial charge in [-0.2, -0.15) is 0 Å². The van der Waals surface area contributed by atoms with E-state index >= 15 is 0 Å². The summed E-state index contributed by atoms with van der Waals surface area (Å²) in [5.41, 5.74) is 0. The zero-order chi connectivity index (χ0) is 13.1. The third-order valence-electron chi connectivity index (χ3n) is 2.81. The molecular weight excluding hydrogens is 240 g/mol. The van der Waals surface area contributed by atoms with Gasteiger partial charge in [-0.3, -0.25) is 15.0 Å². The van der Waals surface area contributed by atoms with Crippen molar-refractivity contribution < 1.29 is 19.2 Å². The fraction of sp³-hybridized carbons (Fsp3) is 0.636. The molecule has 1 fully saturated rings. The normalized spacial score (nSPS) is 25.2. The molecule has 7 nitrogen and oxygen atoms in total. The van der Waals surface area contributed by atoms with Crippen LogP contribution < -0.4 is 0 Å². The second kappa shape index (κ2) is 5.47. The molecule has 0 radical (unpaired) electrons. The Morgan fingerprint density at radius 2 is 2.33 bits per heavy atom. The molecular formula is C11H16N2O5. The Morgan fingerprint density at radius 3 is 2.94 bits per heavy atom. The lowest BCUT2D eigenvalue weighted by Crippen LogP contribution is -2.47. The van der Waals surface area contributed by atoms with E-state index in [0.29, 0.717) is 25.4 Å². The maximum atomic E-state index is 10.5. The largest absolute Gasteiger partial charge is 0.433 e. The molecule has 1 N–H and O–H groups in total. The highest BCUT2D eigenvalue weighted by Crippen LogP contribution is 2.19. The van der Waals surface area contributed by atoms with Crippen molar-refractivity contribution in [2.24, 2.45) is 0 Å². The van der Waals surface area contributed by atoms with Crippen LogP contribution in [0.2, 0.25) is 0 Å². The molecule has 0 amide bonds. The van der Waals surface area contributed by atoms with E-state index in [9.17, 15) is 10.1 Å². The highest BCUT2D eigenvalue weighted by atomic mass is 16.6. The maximum absolute atomic E-state index is 10.5. The van der Waals surface area contributed by atoms with Crippen LogP contribution in [-0.2, 0) is 11.3 Å². The number of aliphatic hydroxyl groups excluding tert-OH is 1. The van der Waals surface area contributed by atoms with Crippen molar-refractivity contribution in [3.05, 3.63) is 28.0 Å². The van der Waals surface area contributed by atoms with Crippen LogP contribution in [0.25, 0.3) is 0 Å². The first kappa shape index (κ1) is 13.0. The van der Waals surface area contributed by atoms with Gasteiger partial charge in [-0.25, -0.2) is 0 Å². The zero-order valence-corrected chi connectivity index (χ0v) is 10.1. The van der Waals surface area contributed by atoms with E-state index in [-0.39, 0.29) is 24.7 Å². The van der Waals surface area contributed by atoms with Gasteiger partial charge >= 0.3 is 5.88 Å². The van der Waals surface area contributed by atoms with E-state index in [0.717, 1.165) is 0 Å². The van der Waals surface area contributed by atoms with Crippen LogP contribution in [0.15, 0.2) is 16.5 Å². The summed E-state index contributed by atoms with van der Waals surface area (Å²) in [6, 6.07) is 2.95. The first-order chi connectivity index (χ1) is 8.58. The first-order valence-electron chi connectivity index (χ1n) is 5.80. The molecule has 0 spiro atoms. The van der Waals surface area contributed by atoms with Crippen molar-refractivity contribution >= 4 is 5.88 Å². The molecule has 0 aromatic carbocycles. The van der Waals surface area contributed by atoms with Crippen LogP contribution in [0.1, 0.15) is 12.7 Å². The van der Waals surface area contributed by atoms with Crippen LogP contribution in [0.5, 0.6) is 0 Å². The van der Waals surface area contributed by atoms with E-state index in [2.05, 4.69) is 4.90 Å². The van der Waals surface area contributed by atoms with Gasteiger partial charge in [0.2, 0.25) is 0 Å². The number of hydrogen-bond donors (Lipinski definition) is 1. The molecule has 0 aliphatic carbocycles. The van der Waals surface area contributed by atoms with E-state index in [1.165, 1.54) is 6.07 Å². The van der Waals surface area contributed by atoms with Gasteiger partial charge in [-0.1, -0.05) is 0 Å². The molecule has 1 saturated heterocycles. The van der Waals surface area contributed by atoms with Gasteiger partial charge in [0.25, 0.3) is 0 Å². The van der Waals surface area contributed by atoms with Crippen LogP contribution in [-0.4, -0.2) is 46.8 Å². The summed E-state index contributed by atoms with van der Waals surface area (Å²) in [6.07, 6.45) is -0.181. The second-order valence-corrected chi connectivity index (χ2v) is 4.44. The van der Waals surface area contributed by atoms with E-state index in [1.54, 1.807) is 6.07 Å². The molecule has 2 heterocycles.